The second kappa shape index (κ2) is 6.89. The lowest BCUT2D eigenvalue weighted by atomic mass is 10.3. The number of pyridine rings is 1. The minimum Gasteiger partial charge on any atom is -0.483 e. The minimum absolute atomic E-state index is 0.134. The van der Waals surface area contributed by atoms with Crippen LogP contribution >= 0.6 is 22.9 Å². The Morgan fingerprint density at radius 2 is 1.96 bits per heavy atom. The molecule has 0 amide bonds. The molecule has 3 aromatic rings. The molecule has 5 nitrogen and oxygen atoms in total. The highest BCUT2D eigenvalue weighted by Gasteiger charge is 2.11. The van der Waals surface area contributed by atoms with Gasteiger partial charge in [-0.05, 0) is 37.3 Å². The Balaban J connectivity index is 1.67. The highest BCUT2D eigenvalue weighted by molar-refractivity contribution is 7.09. The summed E-state index contributed by atoms with van der Waals surface area (Å²) in [6.07, 6.45) is 1.12. The van der Waals surface area contributed by atoms with Crippen LogP contribution in [-0.4, -0.2) is 15.2 Å². The average Bonchev–Trinajstić information content (AvgIpc) is 3.06. The third-order valence-corrected chi connectivity index (χ3v) is 3.91. The molecule has 0 aliphatic rings. The second-order valence-electron chi connectivity index (χ2n) is 4.55. The van der Waals surface area contributed by atoms with Gasteiger partial charge in [-0.2, -0.15) is 0 Å². The van der Waals surface area contributed by atoms with E-state index in [0.717, 1.165) is 11.1 Å². The Hall–Kier alpha value is -2.25. The first-order valence-electron chi connectivity index (χ1n) is 6.63. The van der Waals surface area contributed by atoms with E-state index < -0.39 is 5.82 Å². The predicted molar refractivity (Wildman–Crippen MR) is 84.7 cm³/mol. The topological polar surface area (TPSA) is 57.1 Å². The summed E-state index contributed by atoms with van der Waals surface area (Å²) in [6, 6.07) is 7.92. The molecule has 23 heavy (non-hydrogen) atoms. The van der Waals surface area contributed by atoms with Gasteiger partial charge in [0.15, 0.2) is 10.8 Å². The Morgan fingerprint density at radius 3 is 2.61 bits per heavy atom. The first kappa shape index (κ1) is 15.6. The van der Waals surface area contributed by atoms with Crippen LogP contribution in [0.5, 0.6) is 17.4 Å². The summed E-state index contributed by atoms with van der Waals surface area (Å²) in [5.41, 5.74) is 1.65. The van der Waals surface area contributed by atoms with Crippen molar-refractivity contribution in [2.24, 2.45) is 0 Å². The molecule has 0 aliphatic heterocycles. The van der Waals surface area contributed by atoms with Gasteiger partial charge in [0, 0.05) is 6.20 Å². The first-order chi connectivity index (χ1) is 11.1. The molecule has 3 rings (SSSR count). The third-order valence-electron chi connectivity index (χ3n) is 2.85. The van der Waals surface area contributed by atoms with Crippen LogP contribution in [0.1, 0.15) is 18.0 Å². The fourth-order valence-electron chi connectivity index (χ4n) is 1.79. The molecule has 0 spiro atoms. The van der Waals surface area contributed by atoms with Crippen molar-refractivity contribution in [2.45, 2.75) is 13.0 Å². The number of ether oxygens (including phenoxy) is 2. The molecule has 8 heteroatoms. The molecule has 118 valence electrons. The number of halogens is 2. The van der Waals surface area contributed by atoms with E-state index in [1.54, 1.807) is 29.8 Å². The van der Waals surface area contributed by atoms with E-state index in [-0.39, 0.29) is 17.0 Å². The van der Waals surface area contributed by atoms with Crippen LogP contribution in [0.4, 0.5) is 4.39 Å². The third kappa shape index (κ3) is 3.94. The summed E-state index contributed by atoms with van der Waals surface area (Å²) in [7, 11) is 0. The van der Waals surface area contributed by atoms with Crippen molar-refractivity contribution in [3.63, 3.8) is 0 Å². The Labute approximate surface area is 140 Å². The molecule has 1 atom stereocenters. The summed E-state index contributed by atoms with van der Waals surface area (Å²) >= 11 is 7.07. The SMILES string of the molecule is C[C@@H](Oc1ccc(Oc2ncc(Cl)cc2F)cc1)c1nncs1. The molecule has 2 aromatic heterocycles. The molecule has 0 fully saturated rings. The summed E-state index contributed by atoms with van der Waals surface area (Å²) in [5, 5.41) is 8.74. The van der Waals surface area contributed by atoms with Crippen molar-refractivity contribution in [2.75, 3.05) is 0 Å². The van der Waals surface area contributed by atoms with E-state index in [2.05, 4.69) is 15.2 Å². The van der Waals surface area contributed by atoms with Crippen molar-refractivity contribution in [1.29, 1.82) is 0 Å². The Morgan fingerprint density at radius 1 is 1.22 bits per heavy atom. The number of aromatic nitrogens is 3. The van der Waals surface area contributed by atoms with Gasteiger partial charge in [-0.1, -0.05) is 11.6 Å². The summed E-state index contributed by atoms with van der Waals surface area (Å²) < 4.78 is 24.8. The van der Waals surface area contributed by atoms with Crippen molar-refractivity contribution in [1.82, 2.24) is 15.2 Å². The van der Waals surface area contributed by atoms with Gasteiger partial charge in [0.2, 0.25) is 0 Å². The van der Waals surface area contributed by atoms with Gasteiger partial charge in [0.25, 0.3) is 5.88 Å². The quantitative estimate of drug-likeness (QED) is 0.669. The molecular weight excluding hydrogens is 341 g/mol. The van der Waals surface area contributed by atoms with E-state index in [0.29, 0.717) is 11.5 Å². The fraction of sp³-hybridized carbons (Fsp3) is 0.133. The van der Waals surface area contributed by atoms with E-state index >= 15 is 0 Å². The first-order valence-corrected chi connectivity index (χ1v) is 7.89. The van der Waals surface area contributed by atoms with E-state index in [1.807, 2.05) is 6.92 Å². The largest absolute Gasteiger partial charge is 0.483 e. The maximum atomic E-state index is 13.6. The summed E-state index contributed by atoms with van der Waals surface area (Å²) in [4.78, 5) is 3.80. The van der Waals surface area contributed by atoms with Gasteiger partial charge in [-0.3, -0.25) is 0 Å². The molecule has 1 aromatic carbocycles. The van der Waals surface area contributed by atoms with Crippen molar-refractivity contribution in [3.05, 3.63) is 57.9 Å². The molecular formula is C15H11ClFN3O2S. The monoisotopic (exact) mass is 351 g/mol. The van der Waals surface area contributed by atoms with Gasteiger partial charge in [0.05, 0.1) is 5.02 Å². The zero-order valence-electron chi connectivity index (χ0n) is 11.9. The second-order valence-corrected chi connectivity index (χ2v) is 5.85. The van der Waals surface area contributed by atoms with Crippen molar-refractivity contribution < 1.29 is 13.9 Å². The summed E-state index contributed by atoms with van der Waals surface area (Å²) in [6.45, 7) is 1.89. The minimum atomic E-state index is -0.622. The van der Waals surface area contributed by atoms with Crippen molar-refractivity contribution in [3.8, 4) is 17.4 Å². The van der Waals surface area contributed by atoms with Crippen LogP contribution in [0.2, 0.25) is 5.02 Å². The molecule has 0 unspecified atom stereocenters. The van der Waals surface area contributed by atoms with Gasteiger partial charge in [-0.15, -0.1) is 21.5 Å². The lowest BCUT2D eigenvalue weighted by Gasteiger charge is -2.12. The standard InChI is InChI=1S/C15H11ClFN3O2S/c1-9(15-20-19-8-23-15)21-11-2-4-12(5-3-11)22-14-13(17)6-10(16)7-18-14/h2-9H,1H3/t9-/m1/s1. The Bertz CT molecular complexity index is 784. The van der Waals surface area contributed by atoms with Crippen LogP contribution in [0.25, 0.3) is 0 Å². The zero-order chi connectivity index (χ0) is 16.2. The zero-order valence-corrected chi connectivity index (χ0v) is 13.5. The lowest BCUT2D eigenvalue weighted by molar-refractivity contribution is 0.225. The van der Waals surface area contributed by atoms with Gasteiger partial charge in [-0.25, -0.2) is 9.37 Å². The highest BCUT2D eigenvalue weighted by Crippen LogP contribution is 2.28. The Kier molecular flexibility index (Phi) is 4.68. The maximum absolute atomic E-state index is 13.6. The fourth-order valence-corrected chi connectivity index (χ4v) is 2.47. The molecule has 0 saturated carbocycles. The molecule has 0 N–H and O–H groups in total. The van der Waals surface area contributed by atoms with E-state index in [1.165, 1.54) is 17.5 Å². The van der Waals surface area contributed by atoms with Crippen LogP contribution < -0.4 is 9.47 Å². The average molecular weight is 352 g/mol. The number of nitrogens with zero attached hydrogens (tertiary/aromatic N) is 3. The molecule has 0 saturated heterocycles. The normalized spacial score (nSPS) is 12.0. The van der Waals surface area contributed by atoms with Gasteiger partial charge >= 0.3 is 0 Å². The lowest BCUT2D eigenvalue weighted by Crippen LogP contribution is -2.02. The van der Waals surface area contributed by atoms with Gasteiger partial charge < -0.3 is 9.47 Å². The van der Waals surface area contributed by atoms with Crippen molar-refractivity contribution >= 4 is 22.9 Å². The molecule has 0 radical (unpaired) electrons. The highest BCUT2D eigenvalue weighted by atomic mass is 35.5. The molecule has 0 bridgehead atoms. The number of hydrogen-bond acceptors (Lipinski definition) is 6. The van der Waals surface area contributed by atoms with Crippen LogP contribution in [0, 0.1) is 5.82 Å². The van der Waals surface area contributed by atoms with Crippen LogP contribution in [0.15, 0.2) is 42.0 Å². The predicted octanol–water partition coefficient (Wildman–Crippen LogP) is 4.66. The maximum Gasteiger partial charge on any atom is 0.255 e. The molecule has 2 heterocycles. The van der Waals surface area contributed by atoms with E-state index in [4.69, 9.17) is 21.1 Å². The summed E-state index contributed by atoms with van der Waals surface area (Å²) in [5.74, 6) is 0.326. The number of benzene rings is 1. The smallest absolute Gasteiger partial charge is 0.255 e. The van der Waals surface area contributed by atoms with Crippen LogP contribution in [0.3, 0.4) is 0 Å². The van der Waals surface area contributed by atoms with E-state index in [9.17, 15) is 4.39 Å². The van der Waals surface area contributed by atoms with Gasteiger partial charge in [0.1, 0.15) is 23.1 Å². The van der Waals surface area contributed by atoms with Crippen LogP contribution in [-0.2, 0) is 0 Å². The number of hydrogen-bond donors (Lipinski definition) is 0. The molecule has 0 aliphatic carbocycles. The number of rotatable bonds is 5.